The summed E-state index contributed by atoms with van der Waals surface area (Å²) in [7, 11) is 0. The minimum Gasteiger partial charge on any atom is -0.446 e. The van der Waals surface area contributed by atoms with Crippen LogP contribution in [0.1, 0.15) is 0 Å². The molecule has 0 saturated heterocycles. The lowest BCUT2D eigenvalue weighted by Gasteiger charge is -2.04. The van der Waals surface area contributed by atoms with E-state index in [0.717, 1.165) is 0 Å². The van der Waals surface area contributed by atoms with E-state index >= 15 is 0 Å². The molecule has 0 saturated carbocycles. The highest BCUT2D eigenvalue weighted by molar-refractivity contribution is 14.1. The molecule has 0 atom stereocenters. The molecule has 0 aromatic heterocycles. The maximum Gasteiger partial charge on any atom is 0.422 e. The van der Waals surface area contributed by atoms with Crippen LogP contribution in [0, 0.1) is 0 Å². The minimum atomic E-state index is -0.527. The largest absolute Gasteiger partial charge is 0.446 e. The summed E-state index contributed by atoms with van der Waals surface area (Å²) < 4.78 is 12.0. The Morgan fingerprint density at radius 3 is 2.75 bits per heavy atom. The van der Waals surface area contributed by atoms with Gasteiger partial charge in [0.2, 0.25) is 0 Å². The van der Waals surface area contributed by atoms with Crippen LogP contribution in [0.15, 0.2) is 0 Å². The topological polar surface area (TPSA) is 85.6 Å². The van der Waals surface area contributed by atoms with Crippen LogP contribution < -0.4 is 14.8 Å². The van der Waals surface area contributed by atoms with Crippen molar-refractivity contribution in [2.24, 2.45) is 5.73 Å². The SMILES string of the molecule is NCCOCCOC(=O)NNI. The van der Waals surface area contributed by atoms with Crippen molar-refractivity contribution in [1.29, 1.82) is 0 Å². The van der Waals surface area contributed by atoms with Crippen molar-refractivity contribution in [3.05, 3.63) is 0 Å². The smallest absolute Gasteiger partial charge is 0.422 e. The van der Waals surface area contributed by atoms with Gasteiger partial charge in [-0.25, -0.2) is 10.2 Å². The van der Waals surface area contributed by atoms with Gasteiger partial charge in [0.05, 0.1) is 13.2 Å². The summed E-state index contributed by atoms with van der Waals surface area (Å²) in [5.41, 5.74) is 7.39. The predicted octanol–water partition coefficient (Wildman–Crippen LogP) is -0.458. The fourth-order valence-electron chi connectivity index (χ4n) is 0.453. The van der Waals surface area contributed by atoms with E-state index in [4.69, 9.17) is 10.5 Å². The maximum atomic E-state index is 10.6. The third-order valence-corrected chi connectivity index (χ3v) is 1.14. The lowest BCUT2D eigenvalue weighted by atomic mass is 10.7. The number of halogens is 1. The number of hydrogen-bond donors (Lipinski definition) is 3. The van der Waals surface area contributed by atoms with E-state index in [1.54, 1.807) is 22.9 Å². The van der Waals surface area contributed by atoms with Gasteiger partial charge in [-0.2, -0.15) is 3.64 Å². The number of carbonyl (C=O) groups is 1. The van der Waals surface area contributed by atoms with Crippen LogP contribution in [0.4, 0.5) is 4.79 Å². The summed E-state index contributed by atoms with van der Waals surface area (Å²) in [4.78, 5) is 10.6. The second-order valence-electron chi connectivity index (χ2n) is 1.76. The lowest BCUT2D eigenvalue weighted by molar-refractivity contribution is 0.0760. The van der Waals surface area contributed by atoms with E-state index in [2.05, 4.69) is 13.8 Å². The number of carbonyl (C=O) groups excluding carboxylic acids is 1. The van der Waals surface area contributed by atoms with Crippen molar-refractivity contribution in [2.75, 3.05) is 26.4 Å². The maximum absolute atomic E-state index is 10.6. The molecule has 0 aliphatic carbocycles. The molecule has 1 amide bonds. The van der Waals surface area contributed by atoms with Crippen molar-refractivity contribution in [3.8, 4) is 0 Å². The molecule has 12 heavy (non-hydrogen) atoms. The summed E-state index contributed by atoms with van der Waals surface area (Å²) in [6, 6.07) is 0. The van der Waals surface area contributed by atoms with Crippen LogP contribution in [0.3, 0.4) is 0 Å². The Hall–Kier alpha value is -0.120. The molecule has 0 aromatic carbocycles. The Balaban J connectivity index is 3.03. The summed E-state index contributed by atoms with van der Waals surface area (Å²) in [6.07, 6.45) is -0.527. The molecule has 72 valence electrons. The van der Waals surface area contributed by atoms with Gasteiger partial charge >= 0.3 is 6.09 Å². The van der Waals surface area contributed by atoms with Gasteiger partial charge in [0, 0.05) is 29.4 Å². The fraction of sp³-hybridized carbons (Fsp3) is 0.800. The van der Waals surface area contributed by atoms with Crippen molar-refractivity contribution in [2.45, 2.75) is 0 Å². The van der Waals surface area contributed by atoms with E-state index in [9.17, 15) is 4.79 Å². The zero-order valence-electron chi connectivity index (χ0n) is 6.51. The Morgan fingerprint density at radius 1 is 1.42 bits per heavy atom. The van der Waals surface area contributed by atoms with Gasteiger partial charge in [0.1, 0.15) is 6.61 Å². The first-order chi connectivity index (χ1) is 5.81. The Kier molecular flexibility index (Phi) is 8.88. The van der Waals surface area contributed by atoms with Crippen LogP contribution in [0.2, 0.25) is 0 Å². The molecule has 7 heteroatoms. The van der Waals surface area contributed by atoms with Crippen LogP contribution in [0.25, 0.3) is 0 Å². The standard InChI is InChI=1S/C5H12IN3O3/c6-9-8-5(10)12-4-3-11-2-1-7/h9H,1-4,7H2,(H,8,10). The molecule has 0 heterocycles. The fourth-order valence-corrected chi connectivity index (χ4v) is 0.674. The van der Waals surface area contributed by atoms with Gasteiger partial charge in [0.15, 0.2) is 0 Å². The third-order valence-electron chi connectivity index (χ3n) is 0.872. The molecule has 0 aliphatic heterocycles. The van der Waals surface area contributed by atoms with Crippen LogP contribution in [0.5, 0.6) is 0 Å². The average Bonchev–Trinajstić information content (AvgIpc) is 2.05. The number of hydrazine groups is 1. The summed E-state index contributed by atoms with van der Waals surface area (Å²) in [5.74, 6) is 0. The highest BCUT2D eigenvalue weighted by atomic mass is 127. The minimum absolute atomic E-state index is 0.226. The molecular formula is C5H12IN3O3. The zero-order valence-corrected chi connectivity index (χ0v) is 8.67. The van der Waals surface area contributed by atoms with Crippen molar-refractivity contribution >= 4 is 29.0 Å². The number of amides is 1. The van der Waals surface area contributed by atoms with Gasteiger partial charge < -0.3 is 15.2 Å². The molecule has 0 rings (SSSR count). The quantitative estimate of drug-likeness (QED) is 0.267. The summed E-state index contributed by atoms with van der Waals surface area (Å²) in [5, 5.41) is 0. The first-order valence-corrected chi connectivity index (χ1v) is 4.45. The molecule has 4 N–H and O–H groups in total. The Morgan fingerprint density at radius 2 is 2.17 bits per heavy atom. The second-order valence-corrected chi connectivity index (χ2v) is 2.30. The average molecular weight is 289 g/mol. The number of nitrogens with two attached hydrogens (primary N) is 1. The molecule has 0 spiro atoms. The number of hydrogen-bond acceptors (Lipinski definition) is 5. The van der Waals surface area contributed by atoms with Gasteiger partial charge in [-0.1, -0.05) is 0 Å². The number of ether oxygens (including phenoxy) is 2. The van der Waals surface area contributed by atoms with Crippen molar-refractivity contribution in [1.82, 2.24) is 9.06 Å². The predicted molar refractivity (Wildman–Crippen MR) is 51.5 cm³/mol. The van der Waals surface area contributed by atoms with E-state index in [1.807, 2.05) is 0 Å². The van der Waals surface area contributed by atoms with Crippen molar-refractivity contribution < 1.29 is 14.3 Å². The number of nitrogens with one attached hydrogen (secondary N) is 2. The third kappa shape index (κ3) is 7.98. The van der Waals surface area contributed by atoms with Gasteiger partial charge in [-0.3, -0.25) is 0 Å². The second kappa shape index (κ2) is 8.97. The van der Waals surface area contributed by atoms with E-state index in [1.165, 1.54) is 0 Å². The zero-order chi connectivity index (χ0) is 9.23. The molecule has 0 radical (unpaired) electrons. The molecule has 0 bridgehead atoms. The lowest BCUT2D eigenvalue weighted by Crippen LogP contribution is -2.31. The van der Waals surface area contributed by atoms with Gasteiger partial charge in [-0.15, -0.1) is 0 Å². The monoisotopic (exact) mass is 289 g/mol. The molecule has 0 fully saturated rings. The first kappa shape index (κ1) is 11.9. The highest BCUT2D eigenvalue weighted by Gasteiger charge is 1.97. The molecular weight excluding hydrogens is 277 g/mol. The Labute approximate surface area is 84.6 Å². The van der Waals surface area contributed by atoms with Gasteiger partial charge in [0.25, 0.3) is 0 Å². The van der Waals surface area contributed by atoms with Crippen LogP contribution in [-0.2, 0) is 9.47 Å². The van der Waals surface area contributed by atoms with Gasteiger partial charge in [-0.05, 0) is 0 Å². The van der Waals surface area contributed by atoms with Crippen molar-refractivity contribution in [3.63, 3.8) is 0 Å². The summed E-state index contributed by atoms with van der Waals surface area (Å²) in [6.45, 7) is 1.55. The molecule has 0 unspecified atom stereocenters. The van der Waals surface area contributed by atoms with Crippen LogP contribution in [-0.4, -0.2) is 32.5 Å². The molecule has 0 aromatic rings. The van der Waals surface area contributed by atoms with Crippen LogP contribution >= 0.6 is 22.9 Å². The first-order valence-electron chi connectivity index (χ1n) is 3.37. The van der Waals surface area contributed by atoms with E-state index in [0.29, 0.717) is 19.8 Å². The molecule has 0 aliphatic rings. The normalized spacial score (nSPS) is 9.50. The van der Waals surface area contributed by atoms with E-state index in [-0.39, 0.29) is 6.61 Å². The Bertz CT molecular complexity index is 125. The molecule has 6 nitrogen and oxygen atoms in total. The highest BCUT2D eigenvalue weighted by Crippen LogP contribution is 1.79. The number of rotatable bonds is 6. The summed E-state index contributed by atoms with van der Waals surface area (Å²) >= 11 is 1.77. The van der Waals surface area contributed by atoms with E-state index < -0.39 is 6.09 Å².